The maximum Gasteiger partial charge on any atom is 0.309 e. The van der Waals surface area contributed by atoms with Crippen LogP contribution in [0.1, 0.15) is 112 Å². The SMILES string of the molecule is CCC(C)[C@H](CC(=O)COCCOCCNC(=O)[C@@H](N)CC)C(=O)N[C@@H](CC(N)=O)C(=O)C[C@H]1COC(=O)[C@H](CC(C)C)CC(=O)[C@H](CC(C)C)NC(=O)[C@H](Cc2ccccc2)NC(=O)[C@H](CC(=O)O)NC1=O. The Morgan fingerprint density at radius 1 is 0.753 bits per heavy atom. The van der Waals surface area contributed by atoms with E-state index in [1.807, 2.05) is 27.7 Å². The number of ketones is 3. The second-order valence-corrected chi connectivity index (χ2v) is 19.5. The molecule has 0 spiro atoms. The molecule has 6 amide bonds. The summed E-state index contributed by atoms with van der Waals surface area (Å²) in [6.45, 7) is 11.9. The molecule has 1 aromatic carbocycles. The minimum absolute atomic E-state index is 0.0243. The second-order valence-electron chi connectivity index (χ2n) is 19.5. The molecule has 10 N–H and O–H groups in total. The molecule has 1 aliphatic heterocycles. The molecule has 22 nitrogen and oxygen atoms in total. The number of Topliss-reactive ketones (excluding diaryl/α,β-unsaturated/α-hetero) is 3. The predicted octanol–water partition coefficient (Wildman–Crippen LogP) is 0.826. The van der Waals surface area contributed by atoms with Gasteiger partial charge in [-0.05, 0) is 42.6 Å². The van der Waals surface area contributed by atoms with Gasteiger partial charge in [-0.2, -0.15) is 0 Å². The summed E-state index contributed by atoms with van der Waals surface area (Å²) in [5.41, 5.74) is 11.8. The third kappa shape index (κ3) is 24.0. The fraction of sp³-hybridized carbons (Fsp3) is 0.667. The number of amides is 6. The number of hydrogen-bond acceptors (Lipinski definition) is 15. The van der Waals surface area contributed by atoms with Gasteiger partial charge in [0.2, 0.25) is 35.4 Å². The molecular weight excluding hydrogens is 951 g/mol. The van der Waals surface area contributed by atoms with Crippen LogP contribution in [0.15, 0.2) is 30.3 Å². The molecule has 0 saturated carbocycles. The molecule has 1 heterocycles. The van der Waals surface area contributed by atoms with Gasteiger partial charge in [0.15, 0.2) is 17.3 Å². The number of nitrogens with two attached hydrogens (primary N) is 2. The molecule has 9 atom stereocenters. The van der Waals surface area contributed by atoms with Gasteiger partial charge in [0.1, 0.15) is 25.3 Å². The van der Waals surface area contributed by atoms with Crippen molar-refractivity contribution >= 4 is 64.7 Å². The first kappa shape index (κ1) is 63.0. The van der Waals surface area contributed by atoms with Crippen molar-refractivity contribution in [1.29, 1.82) is 0 Å². The highest BCUT2D eigenvalue weighted by molar-refractivity contribution is 5.99. The minimum atomic E-state index is -1.85. The number of carboxylic acid groups (broad SMARTS) is 1. The topological polar surface area (TPSA) is 348 Å². The summed E-state index contributed by atoms with van der Waals surface area (Å²) in [7, 11) is 0. The highest BCUT2D eigenvalue weighted by atomic mass is 16.5. The fourth-order valence-corrected chi connectivity index (χ4v) is 7.98. The van der Waals surface area contributed by atoms with Crippen molar-refractivity contribution in [2.45, 2.75) is 143 Å². The average molecular weight is 1030 g/mol. The molecule has 0 bridgehead atoms. The van der Waals surface area contributed by atoms with Gasteiger partial charge < -0.3 is 57.4 Å². The number of nitrogens with one attached hydrogen (secondary N) is 5. The number of ether oxygens (including phenoxy) is 3. The summed E-state index contributed by atoms with van der Waals surface area (Å²) >= 11 is 0. The molecule has 0 aliphatic carbocycles. The lowest BCUT2D eigenvalue weighted by atomic mass is 9.86. The van der Waals surface area contributed by atoms with Crippen LogP contribution in [0.3, 0.4) is 0 Å². The Bertz CT molecular complexity index is 2030. The Kier molecular flexibility index (Phi) is 28.3. The molecule has 73 heavy (non-hydrogen) atoms. The van der Waals surface area contributed by atoms with Crippen LogP contribution in [-0.2, 0) is 73.4 Å². The van der Waals surface area contributed by atoms with Crippen LogP contribution in [0, 0.1) is 35.5 Å². The number of cyclic esters (lactones) is 1. The van der Waals surface area contributed by atoms with Crippen molar-refractivity contribution in [1.82, 2.24) is 26.6 Å². The zero-order valence-electron chi connectivity index (χ0n) is 43.4. The first-order chi connectivity index (χ1) is 34.4. The summed E-state index contributed by atoms with van der Waals surface area (Å²) < 4.78 is 16.5. The van der Waals surface area contributed by atoms with Gasteiger partial charge in [0.05, 0.1) is 62.6 Å². The van der Waals surface area contributed by atoms with E-state index in [1.165, 1.54) is 0 Å². The van der Waals surface area contributed by atoms with Gasteiger partial charge in [-0.15, -0.1) is 0 Å². The van der Waals surface area contributed by atoms with Crippen LogP contribution in [0.25, 0.3) is 0 Å². The van der Waals surface area contributed by atoms with Gasteiger partial charge in [0.25, 0.3) is 0 Å². The summed E-state index contributed by atoms with van der Waals surface area (Å²) in [6.07, 6.45) is -2.14. The van der Waals surface area contributed by atoms with E-state index in [1.54, 1.807) is 51.1 Å². The molecule has 408 valence electrons. The number of aliphatic carboxylic acids is 1. The van der Waals surface area contributed by atoms with Crippen LogP contribution < -0.4 is 38.1 Å². The normalized spacial score (nSPS) is 20.9. The van der Waals surface area contributed by atoms with Crippen molar-refractivity contribution in [3.63, 3.8) is 0 Å². The van der Waals surface area contributed by atoms with Gasteiger partial charge in [-0.3, -0.25) is 52.7 Å². The average Bonchev–Trinajstić information content (AvgIpc) is 3.32. The molecule has 1 unspecified atom stereocenters. The summed E-state index contributed by atoms with van der Waals surface area (Å²) in [5.74, 6) is -13.9. The van der Waals surface area contributed by atoms with Crippen LogP contribution >= 0.6 is 0 Å². The third-order valence-corrected chi connectivity index (χ3v) is 12.3. The van der Waals surface area contributed by atoms with Crippen LogP contribution in [0.4, 0.5) is 0 Å². The lowest BCUT2D eigenvalue weighted by Crippen LogP contribution is -2.57. The first-order valence-electron chi connectivity index (χ1n) is 25.1. The van der Waals surface area contributed by atoms with Crippen LogP contribution in [-0.4, -0.2) is 140 Å². The number of hydrogen-bond donors (Lipinski definition) is 8. The number of carbonyl (C=O) groups excluding carboxylic acids is 10. The summed E-state index contributed by atoms with van der Waals surface area (Å²) in [4.78, 5) is 148. The highest BCUT2D eigenvalue weighted by Gasteiger charge is 2.38. The predicted molar refractivity (Wildman–Crippen MR) is 266 cm³/mol. The van der Waals surface area contributed by atoms with Gasteiger partial charge >= 0.3 is 11.9 Å². The zero-order valence-corrected chi connectivity index (χ0v) is 43.4. The Labute approximate surface area is 427 Å². The van der Waals surface area contributed by atoms with Crippen molar-refractivity contribution in [3.05, 3.63) is 35.9 Å². The molecule has 0 aromatic heterocycles. The Balaban J connectivity index is 2.45. The standard InChI is InChI=1S/C51H79N7O15/c1-8-31(7)36(24-35(59)28-72-18-17-71-16-15-54-48(67)37(52)9-2)47(66)55-39(25-44(53)62)43(61)23-34-27-73-51(70)33(19-29(3)4)22-42(60)38(20-30(5)6)56-49(68)40(21-32-13-11-10-12-14-32)58-50(69)41(26-45(63)64)57-46(34)65/h10-14,29-31,33-34,36-41H,8-9,15-28,52H2,1-7H3,(H2,53,62)(H,54,67)(H,55,66)(H,56,68)(H,57,65)(H,58,69)(H,63,64)/t31?,33-,34+,36+,37+,38+,39+,40+,41+/m1/s1. The van der Waals surface area contributed by atoms with E-state index in [2.05, 4.69) is 26.6 Å². The molecular formula is C51H79N7O15. The van der Waals surface area contributed by atoms with E-state index in [4.69, 9.17) is 25.7 Å². The van der Waals surface area contributed by atoms with Crippen LogP contribution in [0.2, 0.25) is 0 Å². The molecule has 2 rings (SSSR count). The molecule has 0 radical (unpaired) electrons. The van der Waals surface area contributed by atoms with Crippen molar-refractivity contribution < 1.29 is 72.1 Å². The monoisotopic (exact) mass is 1030 g/mol. The number of esters is 1. The van der Waals surface area contributed by atoms with Crippen molar-refractivity contribution in [2.75, 3.05) is 39.6 Å². The number of benzene rings is 1. The molecule has 22 heteroatoms. The second kappa shape index (κ2) is 32.8. The lowest BCUT2D eigenvalue weighted by molar-refractivity contribution is -0.154. The fourth-order valence-electron chi connectivity index (χ4n) is 7.98. The Hall–Kier alpha value is -6.13. The number of carbonyl (C=O) groups is 11. The maximum atomic E-state index is 14.2. The van der Waals surface area contributed by atoms with E-state index in [0.29, 0.717) is 18.4 Å². The van der Waals surface area contributed by atoms with E-state index < -0.39 is 139 Å². The quantitative estimate of drug-likeness (QED) is 0.0407. The van der Waals surface area contributed by atoms with Gasteiger partial charge in [-0.25, -0.2) is 0 Å². The van der Waals surface area contributed by atoms with Crippen LogP contribution in [0.5, 0.6) is 0 Å². The molecule has 1 saturated heterocycles. The Morgan fingerprint density at radius 2 is 1.37 bits per heavy atom. The number of carboxylic acids is 1. The number of rotatable bonds is 29. The molecule has 1 aromatic rings. The maximum absolute atomic E-state index is 14.2. The van der Waals surface area contributed by atoms with Gasteiger partial charge in [-0.1, -0.05) is 85.2 Å². The molecule has 1 fully saturated rings. The zero-order chi connectivity index (χ0) is 54.8. The van der Waals surface area contributed by atoms with E-state index in [-0.39, 0.29) is 82.8 Å². The third-order valence-electron chi connectivity index (χ3n) is 12.3. The number of primary amides is 1. The van der Waals surface area contributed by atoms with Crippen molar-refractivity contribution in [3.8, 4) is 0 Å². The Morgan fingerprint density at radius 3 is 1.97 bits per heavy atom. The highest BCUT2D eigenvalue weighted by Crippen LogP contribution is 2.24. The first-order valence-corrected chi connectivity index (χ1v) is 25.1. The largest absolute Gasteiger partial charge is 0.481 e. The summed E-state index contributed by atoms with van der Waals surface area (Å²) in [5, 5.41) is 22.7. The van der Waals surface area contributed by atoms with Gasteiger partial charge in [0, 0.05) is 38.1 Å². The van der Waals surface area contributed by atoms with E-state index >= 15 is 0 Å². The van der Waals surface area contributed by atoms with Crippen molar-refractivity contribution in [2.24, 2.45) is 47.0 Å². The lowest BCUT2D eigenvalue weighted by Gasteiger charge is -2.28. The van der Waals surface area contributed by atoms with E-state index in [0.717, 1.165) is 0 Å². The molecule has 1 aliphatic rings. The minimum Gasteiger partial charge on any atom is -0.481 e. The smallest absolute Gasteiger partial charge is 0.309 e. The van der Waals surface area contributed by atoms with E-state index in [9.17, 15) is 57.8 Å². The summed E-state index contributed by atoms with van der Waals surface area (Å²) in [6, 6.07) is 1.94.